The summed E-state index contributed by atoms with van der Waals surface area (Å²) in [5, 5.41) is 2.82. The number of hydrogen-bond acceptors (Lipinski definition) is 4. The Balaban J connectivity index is 1.52. The third-order valence-corrected chi connectivity index (χ3v) is 5.11. The van der Waals surface area contributed by atoms with Gasteiger partial charge in [-0.15, -0.1) is 0 Å². The minimum atomic E-state index is -0.385. The SMILES string of the molecule is CC(=O)N1C(=O)C(=Cc2ccc(C=C3C(=O)Nc4ccccc43)o2)c2ccccc21. The van der Waals surface area contributed by atoms with Gasteiger partial charge in [-0.3, -0.25) is 14.4 Å². The van der Waals surface area contributed by atoms with Crippen LogP contribution in [0, 0.1) is 0 Å². The number of imide groups is 1. The van der Waals surface area contributed by atoms with Gasteiger partial charge in [0.05, 0.1) is 16.8 Å². The summed E-state index contributed by atoms with van der Waals surface area (Å²) in [5.74, 6) is 0.0307. The van der Waals surface area contributed by atoms with Crippen LogP contribution in [0.3, 0.4) is 0 Å². The summed E-state index contributed by atoms with van der Waals surface area (Å²) >= 11 is 0. The van der Waals surface area contributed by atoms with Crippen molar-refractivity contribution in [1.82, 2.24) is 0 Å². The molecule has 6 nitrogen and oxygen atoms in total. The van der Waals surface area contributed by atoms with Crippen LogP contribution < -0.4 is 10.2 Å². The fourth-order valence-electron chi connectivity index (χ4n) is 3.78. The van der Waals surface area contributed by atoms with Crippen molar-refractivity contribution >= 4 is 52.4 Å². The Morgan fingerprint density at radius 1 is 0.867 bits per heavy atom. The third kappa shape index (κ3) is 2.78. The lowest BCUT2D eigenvalue weighted by Crippen LogP contribution is -2.30. The van der Waals surface area contributed by atoms with Crippen LogP contribution in [0.4, 0.5) is 11.4 Å². The van der Waals surface area contributed by atoms with Crippen molar-refractivity contribution in [2.75, 3.05) is 10.2 Å². The van der Waals surface area contributed by atoms with E-state index in [9.17, 15) is 14.4 Å². The van der Waals surface area contributed by atoms with Gasteiger partial charge in [-0.2, -0.15) is 0 Å². The van der Waals surface area contributed by atoms with Gasteiger partial charge in [-0.25, -0.2) is 4.90 Å². The van der Waals surface area contributed by atoms with Gasteiger partial charge >= 0.3 is 0 Å². The number of nitrogens with zero attached hydrogens (tertiary/aromatic N) is 1. The Hall–Kier alpha value is -4.19. The van der Waals surface area contributed by atoms with Gasteiger partial charge < -0.3 is 9.73 Å². The number of amides is 3. The minimum absolute atomic E-state index is 0.190. The molecule has 3 heterocycles. The van der Waals surface area contributed by atoms with E-state index >= 15 is 0 Å². The van der Waals surface area contributed by atoms with Crippen molar-refractivity contribution in [1.29, 1.82) is 0 Å². The molecule has 0 fully saturated rings. The third-order valence-electron chi connectivity index (χ3n) is 5.11. The Kier molecular flexibility index (Phi) is 3.99. The molecule has 1 aromatic heterocycles. The second-order valence-corrected chi connectivity index (χ2v) is 7.03. The van der Waals surface area contributed by atoms with Crippen molar-refractivity contribution in [2.45, 2.75) is 6.92 Å². The molecule has 0 atom stereocenters. The molecule has 2 aliphatic rings. The van der Waals surface area contributed by atoms with E-state index < -0.39 is 0 Å². The molecule has 0 saturated heterocycles. The van der Waals surface area contributed by atoms with E-state index in [-0.39, 0.29) is 17.7 Å². The summed E-state index contributed by atoms with van der Waals surface area (Å²) in [6.07, 6.45) is 3.30. The number of fused-ring (bicyclic) bond motifs is 2. The van der Waals surface area contributed by atoms with Crippen molar-refractivity contribution in [2.24, 2.45) is 0 Å². The summed E-state index contributed by atoms with van der Waals surface area (Å²) in [5.41, 5.74) is 3.73. The number of hydrogen-bond donors (Lipinski definition) is 1. The number of carbonyl (C=O) groups excluding carboxylic acids is 3. The Morgan fingerprint density at radius 2 is 1.50 bits per heavy atom. The van der Waals surface area contributed by atoms with Crippen LogP contribution in [0.1, 0.15) is 29.6 Å². The lowest BCUT2D eigenvalue weighted by atomic mass is 10.1. The molecule has 3 aromatic rings. The van der Waals surface area contributed by atoms with Crippen molar-refractivity contribution in [3.05, 3.63) is 83.3 Å². The molecule has 2 aromatic carbocycles. The molecule has 5 rings (SSSR count). The van der Waals surface area contributed by atoms with E-state index in [0.29, 0.717) is 33.9 Å². The molecular formula is C24H16N2O4. The molecule has 6 heteroatoms. The number of para-hydroxylation sites is 2. The predicted molar refractivity (Wildman–Crippen MR) is 114 cm³/mol. The zero-order chi connectivity index (χ0) is 20.8. The molecule has 0 spiro atoms. The highest BCUT2D eigenvalue weighted by atomic mass is 16.3. The number of furan rings is 1. The van der Waals surface area contributed by atoms with E-state index in [1.165, 1.54) is 6.92 Å². The average molecular weight is 396 g/mol. The normalized spacial score (nSPS) is 17.4. The first-order valence-electron chi connectivity index (χ1n) is 9.41. The number of anilines is 2. The molecule has 0 unspecified atom stereocenters. The number of rotatable bonds is 2. The smallest absolute Gasteiger partial charge is 0.265 e. The molecule has 30 heavy (non-hydrogen) atoms. The van der Waals surface area contributed by atoms with Crippen LogP contribution in [-0.4, -0.2) is 17.7 Å². The zero-order valence-corrected chi connectivity index (χ0v) is 16.0. The number of benzene rings is 2. The Bertz CT molecular complexity index is 1300. The number of carbonyl (C=O) groups is 3. The van der Waals surface area contributed by atoms with Crippen LogP contribution >= 0.6 is 0 Å². The summed E-state index contributed by atoms with van der Waals surface area (Å²) < 4.78 is 5.84. The molecule has 1 N–H and O–H groups in total. The lowest BCUT2D eigenvalue weighted by molar-refractivity contribution is -0.122. The summed E-state index contributed by atoms with van der Waals surface area (Å²) in [6.45, 7) is 1.36. The zero-order valence-electron chi connectivity index (χ0n) is 16.0. The van der Waals surface area contributed by atoms with Crippen molar-refractivity contribution < 1.29 is 18.8 Å². The fraction of sp³-hybridized carbons (Fsp3) is 0.0417. The van der Waals surface area contributed by atoms with Gasteiger partial charge in [0.25, 0.3) is 11.8 Å². The van der Waals surface area contributed by atoms with Crippen LogP contribution in [0.15, 0.2) is 65.1 Å². The van der Waals surface area contributed by atoms with Crippen LogP contribution in [0.25, 0.3) is 23.3 Å². The van der Waals surface area contributed by atoms with Crippen LogP contribution in [-0.2, 0) is 14.4 Å². The first-order chi connectivity index (χ1) is 14.5. The molecule has 146 valence electrons. The van der Waals surface area contributed by atoms with Crippen molar-refractivity contribution in [3.8, 4) is 0 Å². The standard InChI is InChI=1S/C24H16N2O4/c1-14(27)26-22-9-5-3-7-18(22)20(24(26)29)13-16-11-10-15(30-16)12-19-17-6-2-4-8-21(17)25-23(19)28/h2-13H,1H3,(H,25,28). The van der Waals surface area contributed by atoms with Gasteiger partial charge in [0.2, 0.25) is 5.91 Å². The van der Waals surface area contributed by atoms with Gasteiger partial charge in [0.15, 0.2) is 0 Å². The molecule has 0 saturated carbocycles. The average Bonchev–Trinajstić information content (AvgIpc) is 3.38. The fourth-order valence-corrected chi connectivity index (χ4v) is 3.78. The van der Waals surface area contributed by atoms with Gasteiger partial charge in [-0.1, -0.05) is 36.4 Å². The van der Waals surface area contributed by atoms with E-state index in [1.54, 1.807) is 42.5 Å². The Morgan fingerprint density at radius 3 is 2.23 bits per heavy atom. The molecule has 2 aliphatic heterocycles. The highest BCUT2D eigenvalue weighted by Gasteiger charge is 2.34. The lowest BCUT2D eigenvalue weighted by Gasteiger charge is -2.11. The highest BCUT2D eigenvalue weighted by Crippen LogP contribution is 2.38. The topological polar surface area (TPSA) is 79.6 Å². The molecule has 0 aliphatic carbocycles. The van der Waals surface area contributed by atoms with Gasteiger partial charge in [-0.05, 0) is 36.4 Å². The Labute approximate surface area is 172 Å². The molecule has 3 amide bonds. The highest BCUT2D eigenvalue weighted by molar-refractivity contribution is 6.41. The summed E-state index contributed by atoms with van der Waals surface area (Å²) in [7, 11) is 0. The van der Waals surface area contributed by atoms with Crippen LogP contribution in [0.2, 0.25) is 0 Å². The maximum absolute atomic E-state index is 12.8. The quantitative estimate of drug-likeness (QED) is 0.658. The molecule has 0 radical (unpaired) electrons. The second-order valence-electron chi connectivity index (χ2n) is 7.03. The largest absolute Gasteiger partial charge is 0.457 e. The van der Waals surface area contributed by atoms with Gasteiger partial charge in [0, 0.05) is 23.7 Å². The molecular weight excluding hydrogens is 380 g/mol. The van der Waals surface area contributed by atoms with E-state index in [0.717, 1.165) is 16.2 Å². The van der Waals surface area contributed by atoms with Gasteiger partial charge in [0.1, 0.15) is 11.5 Å². The monoisotopic (exact) mass is 396 g/mol. The van der Waals surface area contributed by atoms with E-state index in [4.69, 9.17) is 4.42 Å². The number of nitrogens with one attached hydrogen (secondary N) is 1. The van der Waals surface area contributed by atoms with Crippen molar-refractivity contribution in [3.63, 3.8) is 0 Å². The summed E-state index contributed by atoms with van der Waals surface area (Å²) in [6, 6.07) is 18.0. The predicted octanol–water partition coefficient (Wildman–Crippen LogP) is 4.21. The first-order valence-corrected chi connectivity index (χ1v) is 9.41. The second kappa shape index (κ2) is 6.70. The van der Waals surface area contributed by atoms with E-state index in [2.05, 4.69) is 5.32 Å². The van der Waals surface area contributed by atoms with E-state index in [1.807, 2.05) is 30.3 Å². The first kappa shape index (κ1) is 17.9. The maximum Gasteiger partial charge on any atom is 0.265 e. The van der Waals surface area contributed by atoms with Crippen LogP contribution in [0.5, 0.6) is 0 Å². The minimum Gasteiger partial charge on any atom is -0.457 e. The summed E-state index contributed by atoms with van der Waals surface area (Å²) in [4.78, 5) is 38.2. The molecule has 0 bridgehead atoms. The maximum atomic E-state index is 12.8.